The van der Waals surface area contributed by atoms with Gasteiger partial charge < -0.3 is 15.1 Å². The molecule has 1 aromatic carbocycles. The minimum Gasteiger partial charge on any atom is -0.479 e. The van der Waals surface area contributed by atoms with Crippen LogP contribution in [0.1, 0.15) is 24.8 Å². The number of amides is 1. The van der Waals surface area contributed by atoms with Gasteiger partial charge in [-0.1, -0.05) is 18.2 Å². The molecule has 1 amide bonds. The van der Waals surface area contributed by atoms with Crippen molar-refractivity contribution in [2.75, 3.05) is 13.1 Å². The Kier molecular flexibility index (Phi) is 4.85. The van der Waals surface area contributed by atoms with Crippen LogP contribution in [0.4, 0.5) is 0 Å². The highest BCUT2D eigenvalue weighted by Crippen LogP contribution is 2.23. The summed E-state index contributed by atoms with van der Waals surface area (Å²) in [7, 11) is 0. The first-order valence-electron chi connectivity index (χ1n) is 8.30. The highest BCUT2D eigenvalue weighted by atomic mass is 16.4. The minimum absolute atomic E-state index is 0.0279. The molecule has 0 saturated carbocycles. The number of piperidine rings is 1. The second-order valence-electron chi connectivity index (χ2n) is 6.35. The summed E-state index contributed by atoms with van der Waals surface area (Å²) in [5.41, 5.74) is 0.230. The lowest BCUT2D eigenvalue weighted by molar-refractivity contribution is -0.165. The number of benzene rings is 1. The number of hydrogen-bond acceptors (Lipinski definition) is 4. The summed E-state index contributed by atoms with van der Waals surface area (Å²) in [5, 5.41) is 23.2. The van der Waals surface area contributed by atoms with Gasteiger partial charge in [0.15, 0.2) is 5.60 Å². The first-order chi connectivity index (χ1) is 12.0. The van der Waals surface area contributed by atoms with Crippen molar-refractivity contribution in [1.82, 2.24) is 14.7 Å². The van der Waals surface area contributed by atoms with E-state index < -0.39 is 11.6 Å². The third kappa shape index (κ3) is 3.88. The van der Waals surface area contributed by atoms with Gasteiger partial charge in [0.25, 0.3) is 0 Å². The summed E-state index contributed by atoms with van der Waals surface area (Å²) in [6, 6.07) is 9.74. The SMILES string of the molecule is O=C(CCc1cnn(-c2ccccc2)c1)N1CCC(O)(C(=O)O)CC1. The molecule has 0 atom stereocenters. The molecule has 7 nitrogen and oxygen atoms in total. The first kappa shape index (κ1) is 17.2. The van der Waals surface area contributed by atoms with E-state index in [-0.39, 0.29) is 31.8 Å². The third-order valence-electron chi connectivity index (χ3n) is 4.63. The van der Waals surface area contributed by atoms with Crippen molar-refractivity contribution in [3.8, 4) is 5.69 Å². The van der Waals surface area contributed by atoms with Crippen LogP contribution in [0.5, 0.6) is 0 Å². The number of aliphatic carboxylic acids is 1. The summed E-state index contributed by atoms with van der Waals surface area (Å²) < 4.78 is 1.77. The Balaban J connectivity index is 1.52. The third-order valence-corrected chi connectivity index (χ3v) is 4.63. The maximum Gasteiger partial charge on any atom is 0.335 e. The quantitative estimate of drug-likeness (QED) is 0.852. The lowest BCUT2D eigenvalue weighted by Gasteiger charge is -2.35. The molecule has 2 heterocycles. The topological polar surface area (TPSA) is 95.7 Å². The number of aliphatic hydroxyl groups is 1. The number of aromatic nitrogens is 2. The molecule has 3 rings (SSSR count). The Bertz CT molecular complexity index is 749. The van der Waals surface area contributed by atoms with E-state index in [1.807, 2.05) is 36.5 Å². The van der Waals surface area contributed by atoms with Crippen molar-refractivity contribution in [3.05, 3.63) is 48.3 Å². The fraction of sp³-hybridized carbons (Fsp3) is 0.389. The molecule has 1 saturated heterocycles. The largest absolute Gasteiger partial charge is 0.479 e. The van der Waals surface area contributed by atoms with Gasteiger partial charge in [0.05, 0.1) is 11.9 Å². The number of nitrogens with zero attached hydrogens (tertiary/aromatic N) is 3. The lowest BCUT2D eigenvalue weighted by Crippen LogP contribution is -2.50. The predicted octanol–water partition coefficient (Wildman–Crippen LogP) is 1.24. The number of likely N-dealkylation sites (tertiary alicyclic amines) is 1. The van der Waals surface area contributed by atoms with Crippen LogP contribution in [-0.2, 0) is 16.0 Å². The highest BCUT2D eigenvalue weighted by Gasteiger charge is 2.40. The van der Waals surface area contributed by atoms with E-state index in [1.165, 1.54) is 0 Å². The van der Waals surface area contributed by atoms with Crippen molar-refractivity contribution in [2.24, 2.45) is 0 Å². The van der Waals surface area contributed by atoms with Crippen molar-refractivity contribution in [3.63, 3.8) is 0 Å². The average molecular weight is 343 g/mol. The van der Waals surface area contributed by atoms with E-state index in [4.69, 9.17) is 5.11 Å². The maximum atomic E-state index is 12.3. The fourth-order valence-corrected chi connectivity index (χ4v) is 2.96. The highest BCUT2D eigenvalue weighted by molar-refractivity contribution is 5.79. The molecule has 25 heavy (non-hydrogen) atoms. The summed E-state index contributed by atoms with van der Waals surface area (Å²) in [5.74, 6) is -1.24. The van der Waals surface area contributed by atoms with E-state index in [2.05, 4.69) is 5.10 Å². The van der Waals surface area contributed by atoms with Crippen LogP contribution in [0.3, 0.4) is 0 Å². The summed E-state index contributed by atoms with van der Waals surface area (Å²) >= 11 is 0. The zero-order valence-corrected chi connectivity index (χ0v) is 13.8. The molecule has 1 aromatic heterocycles. The van der Waals surface area contributed by atoms with Crippen LogP contribution in [0, 0.1) is 0 Å². The number of hydrogen-bond donors (Lipinski definition) is 2. The van der Waals surface area contributed by atoms with E-state index in [0.29, 0.717) is 12.8 Å². The molecular formula is C18H21N3O4. The molecule has 0 radical (unpaired) electrons. The number of aryl methyl sites for hydroxylation is 1. The van der Waals surface area contributed by atoms with E-state index in [1.54, 1.807) is 15.8 Å². The Morgan fingerprint density at radius 3 is 2.48 bits per heavy atom. The maximum absolute atomic E-state index is 12.3. The van der Waals surface area contributed by atoms with Crippen molar-refractivity contribution in [1.29, 1.82) is 0 Å². The van der Waals surface area contributed by atoms with Gasteiger partial charge in [0.1, 0.15) is 0 Å². The van der Waals surface area contributed by atoms with Crippen molar-refractivity contribution < 1.29 is 19.8 Å². The van der Waals surface area contributed by atoms with Gasteiger partial charge >= 0.3 is 5.97 Å². The number of carbonyl (C=O) groups is 2. The molecule has 0 spiro atoms. The number of rotatable bonds is 5. The average Bonchev–Trinajstić information content (AvgIpc) is 3.10. The van der Waals surface area contributed by atoms with Crippen LogP contribution in [-0.4, -0.2) is 55.5 Å². The van der Waals surface area contributed by atoms with Gasteiger partial charge in [-0.3, -0.25) is 4.79 Å². The van der Waals surface area contributed by atoms with Crippen LogP contribution in [0.2, 0.25) is 0 Å². The molecule has 0 bridgehead atoms. The standard InChI is InChI=1S/C18H21N3O4/c22-16(20-10-8-18(25,9-11-20)17(23)24)7-6-14-12-19-21(13-14)15-4-2-1-3-5-15/h1-5,12-13,25H,6-11H2,(H,23,24). The molecule has 2 N–H and O–H groups in total. The zero-order chi connectivity index (χ0) is 17.9. The molecule has 0 unspecified atom stereocenters. The Labute approximate surface area is 145 Å². The fourth-order valence-electron chi connectivity index (χ4n) is 2.96. The van der Waals surface area contributed by atoms with E-state index in [0.717, 1.165) is 11.3 Å². The number of para-hydroxylation sites is 1. The number of carboxylic acids is 1. The Hall–Kier alpha value is -2.67. The van der Waals surface area contributed by atoms with Crippen LogP contribution in [0.15, 0.2) is 42.7 Å². The summed E-state index contributed by atoms with van der Waals surface area (Å²) in [6.07, 6.45) is 4.71. The Morgan fingerprint density at radius 1 is 1.16 bits per heavy atom. The second kappa shape index (κ2) is 7.06. The van der Waals surface area contributed by atoms with Crippen LogP contribution in [0.25, 0.3) is 5.69 Å². The second-order valence-corrected chi connectivity index (χ2v) is 6.35. The van der Waals surface area contributed by atoms with Gasteiger partial charge in [-0.15, -0.1) is 0 Å². The van der Waals surface area contributed by atoms with Gasteiger partial charge in [-0.25, -0.2) is 9.48 Å². The minimum atomic E-state index is -1.70. The first-order valence-corrected chi connectivity index (χ1v) is 8.30. The molecule has 0 aliphatic carbocycles. The van der Waals surface area contributed by atoms with E-state index >= 15 is 0 Å². The Morgan fingerprint density at radius 2 is 1.84 bits per heavy atom. The van der Waals surface area contributed by atoms with Crippen LogP contribution < -0.4 is 0 Å². The summed E-state index contributed by atoms with van der Waals surface area (Å²) in [6.45, 7) is 0.538. The molecule has 1 aliphatic rings. The normalized spacial score (nSPS) is 16.6. The molecule has 2 aromatic rings. The predicted molar refractivity (Wildman–Crippen MR) is 90.3 cm³/mol. The smallest absolute Gasteiger partial charge is 0.335 e. The number of carbonyl (C=O) groups excluding carboxylic acids is 1. The lowest BCUT2D eigenvalue weighted by atomic mass is 9.91. The van der Waals surface area contributed by atoms with Gasteiger partial charge in [0, 0.05) is 38.5 Å². The molecule has 1 aliphatic heterocycles. The van der Waals surface area contributed by atoms with Crippen molar-refractivity contribution in [2.45, 2.75) is 31.3 Å². The molecule has 1 fully saturated rings. The van der Waals surface area contributed by atoms with Crippen LogP contribution >= 0.6 is 0 Å². The van der Waals surface area contributed by atoms with Gasteiger partial charge in [-0.2, -0.15) is 5.10 Å². The monoisotopic (exact) mass is 343 g/mol. The van der Waals surface area contributed by atoms with Crippen molar-refractivity contribution >= 4 is 11.9 Å². The van der Waals surface area contributed by atoms with Gasteiger partial charge in [0.2, 0.25) is 5.91 Å². The number of carboxylic acid groups (broad SMARTS) is 1. The molecule has 132 valence electrons. The van der Waals surface area contributed by atoms with E-state index in [9.17, 15) is 14.7 Å². The van der Waals surface area contributed by atoms with Gasteiger partial charge in [-0.05, 0) is 24.1 Å². The zero-order valence-electron chi connectivity index (χ0n) is 13.8. The molecular weight excluding hydrogens is 322 g/mol. The molecule has 7 heteroatoms. The summed E-state index contributed by atoms with van der Waals surface area (Å²) in [4.78, 5) is 24.9.